The smallest absolute Gasteiger partial charge is 0.163 e. The first-order valence-electron chi connectivity index (χ1n) is 5.92. The highest BCUT2D eigenvalue weighted by Gasteiger charge is 2.08. The van der Waals surface area contributed by atoms with Crippen LogP contribution in [0.3, 0.4) is 0 Å². The number of hydrogen-bond acceptors (Lipinski definition) is 1. The van der Waals surface area contributed by atoms with Crippen LogP contribution in [0, 0.1) is 25.5 Å². The molecular weight excluding hydrogens is 312 g/mol. The Morgan fingerprint density at radius 1 is 1.11 bits per heavy atom. The van der Waals surface area contributed by atoms with Crippen LogP contribution in [0.4, 0.5) is 14.5 Å². The SMILES string of the molecule is Cc1cc(NCc2cccc(F)c2F)cc(C)c1Br. The summed E-state index contributed by atoms with van der Waals surface area (Å²) in [6, 6.07) is 8.13. The largest absolute Gasteiger partial charge is 0.381 e. The minimum absolute atomic E-state index is 0.254. The lowest BCUT2D eigenvalue weighted by molar-refractivity contribution is 0.500. The number of rotatable bonds is 3. The quantitative estimate of drug-likeness (QED) is 0.841. The average molecular weight is 326 g/mol. The van der Waals surface area contributed by atoms with E-state index in [1.165, 1.54) is 6.07 Å². The molecule has 0 radical (unpaired) electrons. The van der Waals surface area contributed by atoms with Gasteiger partial charge in [0.05, 0.1) is 0 Å². The standard InChI is InChI=1S/C15H14BrF2N/c1-9-6-12(7-10(2)14(9)16)19-8-11-4-3-5-13(17)15(11)18/h3-7,19H,8H2,1-2H3. The van der Waals surface area contributed by atoms with Crippen LogP contribution in [0.1, 0.15) is 16.7 Å². The zero-order valence-corrected chi connectivity index (χ0v) is 12.3. The number of halogens is 3. The third kappa shape index (κ3) is 3.13. The molecule has 0 unspecified atom stereocenters. The van der Waals surface area contributed by atoms with E-state index in [0.29, 0.717) is 5.56 Å². The first kappa shape index (κ1) is 14.0. The summed E-state index contributed by atoms with van der Waals surface area (Å²) in [4.78, 5) is 0. The third-order valence-corrected chi connectivity index (χ3v) is 4.20. The van der Waals surface area contributed by atoms with Gasteiger partial charge in [-0.25, -0.2) is 8.78 Å². The number of aryl methyl sites for hydroxylation is 2. The van der Waals surface area contributed by atoms with Crippen molar-refractivity contribution >= 4 is 21.6 Å². The molecule has 0 amide bonds. The van der Waals surface area contributed by atoms with Crippen LogP contribution < -0.4 is 5.32 Å². The molecule has 0 heterocycles. The fourth-order valence-electron chi connectivity index (χ4n) is 1.93. The van der Waals surface area contributed by atoms with Gasteiger partial charge < -0.3 is 5.32 Å². The monoisotopic (exact) mass is 325 g/mol. The summed E-state index contributed by atoms with van der Waals surface area (Å²) in [6.45, 7) is 4.24. The summed E-state index contributed by atoms with van der Waals surface area (Å²) < 4.78 is 27.6. The van der Waals surface area contributed by atoms with Crippen molar-refractivity contribution in [3.05, 3.63) is 63.1 Å². The van der Waals surface area contributed by atoms with Gasteiger partial charge in [-0.05, 0) is 43.2 Å². The molecule has 1 nitrogen and oxygen atoms in total. The van der Waals surface area contributed by atoms with Gasteiger partial charge in [-0.3, -0.25) is 0 Å². The molecule has 0 aliphatic rings. The summed E-state index contributed by atoms with van der Waals surface area (Å²) >= 11 is 3.49. The summed E-state index contributed by atoms with van der Waals surface area (Å²) in [6.07, 6.45) is 0. The predicted octanol–water partition coefficient (Wildman–Crippen LogP) is 4.96. The summed E-state index contributed by atoms with van der Waals surface area (Å²) in [5, 5.41) is 3.11. The molecule has 2 rings (SSSR count). The summed E-state index contributed by atoms with van der Waals surface area (Å²) in [5.74, 6) is -1.61. The van der Waals surface area contributed by atoms with Gasteiger partial charge >= 0.3 is 0 Å². The van der Waals surface area contributed by atoms with E-state index in [9.17, 15) is 8.78 Å². The molecular formula is C15H14BrF2N. The molecule has 0 saturated carbocycles. The minimum atomic E-state index is -0.817. The maximum absolute atomic E-state index is 13.5. The van der Waals surface area contributed by atoms with E-state index < -0.39 is 11.6 Å². The van der Waals surface area contributed by atoms with E-state index in [0.717, 1.165) is 27.4 Å². The molecule has 0 saturated heterocycles. The molecule has 19 heavy (non-hydrogen) atoms. The highest BCUT2D eigenvalue weighted by molar-refractivity contribution is 9.10. The zero-order valence-electron chi connectivity index (χ0n) is 10.7. The van der Waals surface area contributed by atoms with Crippen LogP contribution in [0.15, 0.2) is 34.8 Å². The van der Waals surface area contributed by atoms with Crippen molar-refractivity contribution in [2.45, 2.75) is 20.4 Å². The molecule has 0 aliphatic carbocycles. The van der Waals surface area contributed by atoms with Crippen molar-refractivity contribution in [3.8, 4) is 0 Å². The maximum Gasteiger partial charge on any atom is 0.163 e. The van der Waals surface area contributed by atoms with Gasteiger partial charge in [0, 0.05) is 22.3 Å². The number of anilines is 1. The highest BCUT2D eigenvalue weighted by Crippen LogP contribution is 2.25. The minimum Gasteiger partial charge on any atom is -0.381 e. The second kappa shape index (κ2) is 5.70. The lowest BCUT2D eigenvalue weighted by Crippen LogP contribution is -2.03. The van der Waals surface area contributed by atoms with E-state index in [4.69, 9.17) is 0 Å². The van der Waals surface area contributed by atoms with Crippen LogP contribution in [0.25, 0.3) is 0 Å². The Morgan fingerprint density at radius 2 is 1.74 bits per heavy atom. The van der Waals surface area contributed by atoms with Gasteiger partial charge in [-0.2, -0.15) is 0 Å². The zero-order chi connectivity index (χ0) is 14.0. The third-order valence-electron chi connectivity index (χ3n) is 2.95. The van der Waals surface area contributed by atoms with Crippen molar-refractivity contribution in [1.29, 1.82) is 0 Å². The maximum atomic E-state index is 13.5. The van der Waals surface area contributed by atoms with Crippen molar-refractivity contribution in [3.63, 3.8) is 0 Å². The second-order valence-corrected chi connectivity index (χ2v) is 5.28. The average Bonchev–Trinajstić information content (AvgIpc) is 2.37. The molecule has 4 heteroatoms. The Kier molecular flexibility index (Phi) is 4.20. The molecule has 100 valence electrons. The first-order chi connectivity index (χ1) is 8.99. The van der Waals surface area contributed by atoms with E-state index >= 15 is 0 Å². The van der Waals surface area contributed by atoms with E-state index in [2.05, 4.69) is 21.2 Å². The molecule has 0 fully saturated rings. The molecule has 0 aromatic heterocycles. The number of nitrogens with one attached hydrogen (secondary N) is 1. The molecule has 0 bridgehead atoms. The molecule has 2 aromatic rings. The molecule has 0 atom stereocenters. The van der Waals surface area contributed by atoms with Crippen LogP contribution in [0.2, 0.25) is 0 Å². The second-order valence-electron chi connectivity index (χ2n) is 4.49. The van der Waals surface area contributed by atoms with Gasteiger partial charge in [0.2, 0.25) is 0 Å². The van der Waals surface area contributed by atoms with Crippen LogP contribution >= 0.6 is 15.9 Å². The Bertz CT molecular complexity index is 588. The van der Waals surface area contributed by atoms with Crippen molar-refractivity contribution in [1.82, 2.24) is 0 Å². The fourth-order valence-corrected chi connectivity index (χ4v) is 2.16. The van der Waals surface area contributed by atoms with Gasteiger partial charge in [-0.15, -0.1) is 0 Å². The Balaban J connectivity index is 2.17. The van der Waals surface area contributed by atoms with Gasteiger partial charge in [0.1, 0.15) is 0 Å². The van der Waals surface area contributed by atoms with Crippen molar-refractivity contribution < 1.29 is 8.78 Å². The first-order valence-corrected chi connectivity index (χ1v) is 6.72. The van der Waals surface area contributed by atoms with Crippen LogP contribution in [-0.2, 0) is 6.54 Å². The van der Waals surface area contributed by atoms with E-state index in [1.54, 1.807) is 6.07 Å². The summed E-state index contributed by atoms with van der Waals surface area (Å²) in [5.41, 5.74) is 3.41. The van der Waals surface area contributed by atoms with Crippen molar-refractivity contribution in [2.24, 2.45) is 0 Å². The van der Waals surface area contributed by atoms with Crippen molar-refractivity contribution in [2.75, 3.05) is 5.32 Å². The Hall–Kier alpha value is -1.42. The lowest BCUT2D eigenvalue weighted by atomic mass is 10.1. The molecule has 1 N–H and O–H groups in total. The summed E-state index contributed by atoms with van der Waals surface area (Å²) in [7, 11) is 0. The van der Waals surface area contributed by atoms with E-state index in [1.807, 2.05) is 26.0 Å². The number of hydrogen-bond donors (Lipinski definition) is 1. The topological polar surface area (TPSA) is 12.0 Å². The van der Waals surface area contributed by atoms with Crippen LogP contribution in [0.5, 0.6) is 0 Å². The van der Waals surface area contributed by atoms with E-state index in [-0.39, 0.29) is 6.54 Å². The van der Waals surface area contributed by atoms with Gasteiger partial charge in [0.15, 0.2) is 11.6 Å². The predicted molar refractivity (Wildman–Crippen MR) is 77.3 cm³/mol. The fraction of sp³-hybridized carbons (Fsp3) is 0.200. The van der Waals surface area contributed by atoms with Crippen LogP contribution in [-0.4, -0.2) is 0 Å². The molecule has 0 spiro atoms. The molecule has 2 aromatic carbocycles. The normalized spacial score (nSPS) is 10.6. The number of benzene rings is 2. The lowest BCUT2D eigenvalue weighted by Gasteiger charge is -2.11. The van der Waals surface area contributed by atoms with Gasteiger partial charge in [-0.1, -0.05) is 28.1 Å². The molecule has 0 aliphatic heterocycles. The van der Waals surface area contributed by atoms with Gasteiger partial charge in [0.25, 0.3) is 0 Å². The Labute approximate surface area is 119 Å². The Morgan fingerprint density at radius 3 is 2.37 bits per heavy atom. The highest BCUT2D eigenvalue weighted by atomic mass is 79.9.